The molecule has 5 nitrogen and oxygen atoms in total. The first-order valence-corrected chi connectivity index (χ1v) is 8.15. The van der Waals surface area contributed by atoms with Gasteiger partial charge >= 0.3 is 11.9 Å². The lowest BCUT2D eigenvalue weighted by molar-refractivity contribution is -0.145. The van der Waals surface area contributed by atoms with Gasteiger partial charge in [-0.25, -0.2) is 0 Å². The van der Waals surface area contributed by atoms with E-state index in [1.165, 1.54) is 13.8 Å². The van der Waals surface area contributed by atoms with Crippen molar-refractivity contribution in [2.45, 2.75) is 61.0 Å². The molecule has 1 aliphatic rings. The lowest BCUT2D eigenvalue weighted by Gasteiger charge is -2.30. The van der Waals surface area contributed by atoms with Gasteiger partial charge in [0.1, 0.15) is 17.6 Å². The molecule has 0 radical (unpaired) electrons. The molecule has 5 heteroatoms. The van der Waals surface area contributed by atoms with Gasteiger partial charge < -0.3 is 14.2 Å². The molecule has 1 aromatic rings. The predicted octanol–water partition coefficient (Wildman–Crippen LogP) is 3.43. The van der Waals surface area contributed by atoms with E-state index in [0.717, 1.165) is 28.0 Å². The highest BCUT2D eigenvalue weighted by Gasteiger charge is 2.40. The number of carbonyl (C=O) groups excluding carboxylic acids is 2. The van der Waals surface area contributed by atoms with Gasteiger partial charge in [-0.3, -0.25) is 9.59 Å². The fraction of sp³-hybridized carbons (Fsp3) is 0.579. The molecule has 0 spiro atoms. The second-order valence-corrected chi connectivity index (χ2v) is 7.18. The van der Waals surface area contributed by atoms with Crippen molar-refractivity contribution in [1.82, 2.24) is 0 Å². The number of ether oxygens (including phenoxy) is 3. The van der Waals surface area contributed by atoms with Crippen LogP contribution in [0.5, 0.6) is 11.5 Å². The predicted molar refractivity (Wildman–Crippen MR) is 90.5 cm³/mol. The maximum Gasteiger partial charge on any atom is 0.308 e. The minimum atomic E-state index is -0.328. The summed E-state index contributed by atoms with van der Waals surface area (Å²) in [5.74, 6) is 0.868. The summed E-state index contributed by atoms with van der Waals surface area (Å²) in [7, 11) is 0. The number of hydrogen-bond acceptors (Lipinski definition) is 5. The van der Waals surface area contributed by atoms with Gasteiger partial charge in [0, 0.05) is 31.2 Å². The van der Waals surface area contributed by atoms with E-state index in [1.807, 2.05) is 34.6 Å². The average Bonchev–Trinajstić information content (AvgIpc) is 2.93. The molecule has 1 unspecified atom stereocenters. The molecule has 1 heterocycles. The standard InChI is InChI=1S/C19H26O5/c1-10-11(2)18-15(12(3)17(10)23-14(5)21)8-16(24-18)19(6,7)9-22-13(4)20/h16H,8-9H2,1-7H3. The number of rotatable bonds is 4. The van der Waals surface area contributed by atoms with Crippen molar-refractivity contribution in [2.24, 2.45) is 5.41 Å². The monoisotopic (exact) mass is 334 g/mol. The number of carbonyl (C=O) groups is 2. The first-order valence-electron chi connectivity index (χ1n) is 8.15. The van der Waals surface area contributed by atoms with Crippen LogP contribution >= 0.6 is 0 Å². The zero-order valence-electron chi connectivity index (χ0n) is 15.5. The molecule has 132 valence electrons. The quantitative estimate of drug-likeness (QED) is 0.623. The largest absolute Gasteiger partial charge is 0.489 e. The molecule has 1 aliphatic heterocycles. The van der Waals surface area contributed by atoms with Crippen molar-refractivity contribution in [3.63, 3.8) is 0 Å². The third-order valence-electron chi connectivity index (χ3n) is 4.73. The molecular weight excluding hydrogens is 308 g/mol. The van der Waals surface area contributed by atoms with Crippen LogP contribution in [0.4, 0.5) is 0 Å². The van der Waals surface area contributed by atoms with Crippen LogP contribution < -0.4 is 9.47 Å². The lowest BCUT2D eigenvalue weighted by Crippen LogP contribution is -2.37. The zero-order valence-corrected chi connectivity index (χ0v) is 15.5. The van der Waals surface area contributed by atoms with Gasteiger partial charge in [-0.05, 0) is 37.5 Å². The number of hydrogen-bond donors (Lipinski definition) is 0. The van der Waals surface area contributed by atoms with Crippen molar-refractivity contribution in [3.8, 4) is 11.5 Å². The molecule has 0 fully saturated rings. The molecule has 0 amide bonds. The molecule has 0 bridgehead atoms. The van der Waals surface area contributed by atoms with E-state index in [-0.39, 0.29) is 23.5 Å². The van der Waals surface area contributed by atoms with Gasteiger partial charge in [-0.2, -0.15) is 0 Å². The summed E-state index contributed by atoms with van der Waals surface area (Å²) >= 11 is 0. The van der Waals surface area contributed by atoms with Gasteiger partial charge in [0.25, 0.3) is 0 Å². The Hall–Kier alpha value is -2.04. The van der Waals surface area contributed by atoms with Crippen molar-refractivity contribution in [1.29, 1.82) is 0 Å². The van der Waals surface area contributed by atoms with Crippen LogP contribution in [0, 0.1) is 26.2 Å². The van der Waals surface area contributed by atoms with E-state index in [2.05, 4.69) is 0 Å². The summed E-state index contributed by atoms with van der Waals surface area (Å²) in [4.78, 5) is 22.5. The normalized spacial score (nSPS) is 16.4. The van der Waals surface area contributed by atoms with Crippen LogP contribution in [-0.4, -0.2) is 24.6 Å². The SMILES string of the molecule is CC(=O)OCC(C)(C)C1Cc2c(C)c(OC(C)=O)c(C)c(C)c2O1. The van der Waals surface area contributed by atoms with E-state index in [0.29, 0.717) is 18.8 Å². The van der Waals surface area contributed by atoms with Crippen LogP contribution in [0.25, 0.3) is 0 Å². The molecule has 1 aromatic carbocycles. The first kappa shape index (κ1) is 18.3. The first-order chi connectivity index (χ1) is 11.0. The average molecular weight is 334 g/mol. The van der Waals surface area contributed by atoms with E-state index in [1.54, 1.807) is 0 Å². The molecule has 1 atom stereocenters. The maximum atomic E-state index is 11.4. The van der Waals surface area contributed by atoms with E-state index >= 15 is 0 Å². The fourth-order valence-corrected chi connectivity index (χ4v) is 3.04. The molecular formula is C19H26O5. The third kappa shape index (κ3) is 3.40. The lowest BCUT2D eigenvalue weighted by atomic mass is 9.84. The smallest absolute Gasteiger partial charge is 0.308 e. The summed E-state index contributed by atoms with van der Waals surface area (Å²) in [5, 5.41) is 0. The van der Waals surface area contributed by atoms with Gasteiger partial charge in [0.05, 0.1) is 6.61 Å². The Labute approximate surface area is 143 Å². The number of fused-ring (bicyclic) bond motifs is 1. The highest BCUT2D eigenvalue weighted by Crippen LogP contribution is 2.45. The Bertz CT molecular complexity index is 688. The van der Waals surface area contributed by atoms with Gasteiger partial charge in [-0.1, -0.05) is 13.8 Å². The van der Waals surface area contributed by atoms with Gasteiger partial charge in [-0.15, -0.1) is 0 Å². The summed E-state index contributed by atoms with van der Waals surface area (Å²) < 4.78 is 16.8. The maximum absolute atomic E-state index is 11.4. The van der Waals surface area contributed by atoms with E-state index in [4.69, 9.17) is 14.2 Å². The zero-order chi connectivity index (χ0) is 18.2. The Morgan fingerprint density at radius 1 is 1.08 bits per heavy atom. The highest BCUT2D eigenvalue weighted by molar-refractivity contribution is 5.72. The summed E-state index contributed by atoms with van der Waals surface area (Å²) in [6, 6.07) is 0. The van der Waals surface area contributed by atoms with Crippen LogP contribution in [0.1, 0.15) is 49.9 Å². The topological polar surface area (TPSA) is 61.8 Å². The number of benzene rings is 1. The van der Waals surface area contributed by atoms with Crippen LogP contribution in [0.15, 0.2) is 0 Å². The van der Waals surface area contributed by atoms with Crippen molar-refractivity contribution >= 4 is 11.9 Å². The Balaban J connectivity index is 2.35. The Morgan fingerprint density at radius 2 is 1.71 bits per heavy atom. The Morgan fingerprint density at radius 3 is 2.25 bits per heavy atom. The molecule has 0 saturated carbocycles. The molecule has 0 N–H and O–H groups in total. The minimum Gasteiger partial charge on any atom is -0.489 e. The van der Waals surface area contributed by atoms with Crippen LogP contribution in [0.3, 0.4) is 0 Å². The summed E-state index contributed by atoms with van der Waals surface area (Å²) in [6.07, 6.45) is 0.599. The van der Waals surface area contributed by atoms with E-state index < -0.39 is 0 Å². The molecule has 0 aliphatic carbocycles. The van der Waals surface area contributed by atoms with Gasteiger partial charge in [0.2, 0.25) is 0 Å². The second kappa shape index (κ2) is 6.46. The summed E-state index contributed by atoms with van der Waals surface area (Å²) in [6.45, 7) is 13.0. The van der Waals surface area contributed by atoms with Crippen molar-refractivity contribution in [3.05, 3.63) is 22.3 Å². The Kier molecular flexibility index (Phi) is 4.92. The summed E-state index contributed by atoms with van der Waals surface area (Å²) in [5.41, 5.74) is 3.58. The van der Waals surface area contributed by atoms with Crippen LogP contribution in [0.2, 0.25) is 0 Å². The molecule has 0 aromatic heterocycles. The van der Waals surface area contributed by atoms with Crippen molar-refractivity contribution in [2.75, 3.05) is 6.61 Å². The highest BCUT2D eigenvalue weighted by atomic mass is 16.5. The van der Waals surface area contributed by atoms with Crippen LogP contribution in [-0.2, 0) is 20.7 Å². The second-order valence-electron chi connectivity index (χ2n) is 7.18. The minimum absolute atomic E-state index is 0.101. The molecule has 0 saturated heterocycles. The molecule has 24 heavy (non-hydrogen) atoms. The third-order valence-corrected chi connectivity index (χ3v) is 4.73. The van der Waals surface area contributed by atoms with Gasteiger partial charge in [0.15, 0.2) is 0 Å². The fourth-order valence-electron chi connectivity index (χ4n) is 3.04. The molecule has 2 rings (SSSR count). The van der Waals surface area contributed by atoms with Crippen molar-refractivity contribution < 1.29 is 23.8 Å². The number of esters is 2. The van der Waals surface area contributed by atoms with E-state index in [9.17, 15) is 9.59 Å².